The minimum absolute atomic E-state index is 0.302. The van der Waals surface area contributed by atoms with Gasteiger partial charge in [0.1, 0.15) is 12.4 Å². The summed E-state index contributed by atoms with van der Waals surface area (Å²) in [6.45, 7) is 2.65. The van der Waals surface area contributed by atoms with Gasteiger partial charge in [0.15, 0.2) is 0 Å². The molecule has 0 bridgehead atoms. The Morgan fingerprint density at radius 2 is 2.27 bits per heavy atom. The number of benzene rings is 1. The molecule has 0 radical (unpaired) electrons. The third-order valence-electron chi connectivity index (χ3n) is 2.97. The van der Waals surface area contributed by atoms with E-state index in [1.807, 2.05) is 18.2 Å². The fourth-order valence-corrected chi connectivity index (χ4v) is 2.19. The standard InChI is InChI=1S/C13H15NO/c1-2-7-13(9-14)8-11-5-3-4-6-12(11)15-10-13/h3-6H,2,7-8,10H2,1H3. The van der Waals surface area contributed by atoms with Crippen molar-refractivity contribution in [2.45, 2.75) is 26.2 Å². The van der Waals surface area contributed by atoms with E-state index in [0.29, 0.717) is 6.61 Å². The average Bonchev–Trinajstić information content (AvgIpc) is 2.29. The topological polar surface area (TPSA) is 33.0 Å². The van der Waals surface area contributed by atoms with Crippen molar-refractivity contribution in [3.05, 3.63) is 29.8 Å². The largest absolute Gasteiger partial charge is 0.492 e. The molecule has 0 fully saturated rings. The van der Waals surface area contributed by atoms with Gasteiger partial charge in [-0.3, -0.25) is 0 Å². The van der Waals surface area contributed by atoms with Crippen LogP contribution < -0.4 is 4.74 Å². The van der Waals surface area contributed by atoms with E-state index in [4.69, 9.17) is 4.74 Å². The lowest BCUT2D eigenvalue weighted by molar-refractivity contribution is 0.159. The Hall–Kier alpha value is -1.49. The van der Waals surface area contributed by atoms with E-state index in [0.717, 1.165) is 25.0 Å². The predicted molar refractivity (Wildman–Crippen MR) is 58.6 cm³/mol. The second kappa shape index (κ2) is 3.94. The molecule has 1 unspecified atom stereocenters. The fraction of sp³-hybridized carbons (Fsp3) is 0.462. The summed E-state index contributed by atoms with van der Waals surface area (Å²) in [7, 11) is 0. The highest BCUT2D eigenvalue weighted by Crippen LogP contribution is 2.36. The number of nitriles is 1. The summed E-state index contributed by atoms with van der Waals surface area (Å²) < 4.78 is 5.66. The van der Waals surface area contributed by atoms with E-state index < -0.39 is 0 Å². The van der Waals surface area contributed by atoms with Crippen LogP contribution in [0.2, 0.25) is 0 Å². The predicted octanol–water partition coefficient (Wildman–Crippen LogP) is 2.93. The molecule has 15 heavy (non-hydrogen) atoms. The molecule has 1 aromatic rings. The molecule has 2 heteroatoms. The Bertz CT molecular complexity index is 394. The summed E-state index contributed by atoms with van der Waals surface area (Å²) in [5.74, 6) is 0.944. The molecule has 2 rings (SSSR count). The molecule has 1 heterocycles. The number of fused-ring (bicyclic) bond motifs is 1. The van der Waals surface area contributed by atoms with Gasteiger partial charge in [-0.15, -0.1) is 0 Å². The van der Waals surface area contributed by atoms with Crippen molar-refractivity contribution in [3.63, 3.8) is 0 Å². The molecule has 0 aliphatic carbocycles. The Balaban J connectivity index is 2.28. The Morgan fingerprint density at radius 1 is 1.47 bits per heavy atom. The first kappa shape index (κ1) is 10.0. The van der Waals surface area contributed by atoms with Crippen molar-refractivity contribution in [2.24, 2.45) is 5.41 Å². The maximum absolute atomic E-state index is 9.27. The Labute approximate surface area is 90.5 Å². The van der Waals surface area contributed by atoms with Gasteiger partial charge in [0, 0.05) is 0 Å². The van der Waals surface area contributed by atoms with Crippen LogP contribution in [0.4, 0.5) is 0 Å². The minimum Gasteiger partial charge on any atom is -0.492 e. The van der Waals surface area contributed by atoms with Crippen molar-refractivity contribution >= 4 is 0 Å². The van der Waals surface area contributed by atoms with Gasteiger partial charge in [-0.25, -0.2) is 0 Å². The van der Waals surface area contributed by atoms with Crippen LogP contribution in [0.15, 0.2) is 24.3 Å². The molecule has 0 aromatic heterocycles. The molecule has 0 amide bonds. The maximum Gasteiger partial charge on any atom is 0.122 e. The number of rotatable bonds is 2. The lowest BCUT2D eigenvalue weighted by Crippen LogP contribution is -2.33. The number of nitrogens with zero attached hydrogens (tertiary/aromatic N) is 1. The van der Waals surface area contributed by atoms with E-state index >= 15 is 0 Å². The van der Waals surface area contributed by atoms with Gasteiger partial charge < -0.3 is 4.74 Å². The van der Waals surface area contributed by atoms with E-state index in [1.54, 1.807) is 0 Å². The first-order valence-corrected chi connectivity index (χ1v) is 5.42. The van der Waals surface area contributed by atoms with Crippen LogP contribution in [0, 0.1) is 16.7 Å². The van der Waals surface area contributed by atoms with Crippen molar-refractivity contribution in [1.82, 2.24) is 0 Å². The van der Waals surface area contributed by atoms with Crippen molar-refractivity contribution in [2.75, 3.05) is 6.61 Å². The zero-order valence-corrected chi connectivity index (χ0v) is 8.99. The first-order chi connectivity index (χ1) is 7.29. The number of ether oxygens (including phenoxy) is 1. The normalized spacial score (nSPS) is 23.7. The highest BCUT2D eigenvalue weighted by Gasteiger charge is 2.35. The Kier molecular flexibility index (Phi) is 2.64. The van der Waals surface area contributed by atoms with E-state index in [9.17, 15) is 5.26 Å². The summed E-state index contributed by atoms with van der Waals surface area (Å²) >= 11 is 0. The monoisotopic (exact) mass is 201 g/mol. The number of hydrogen-bond acceptors (Lipinski definition) is 2. The molecule has 78 valence electrons. The second-order valence-electron chi connectivity index (χ2n) is 4.22. The molecular formula is C13H15NO. The van der Waals surface area contributed by atoms with Gasteiger partial charge in [0.25, 0.3) is 0 Å². The van der Waals surface area contributed by atoms with Gasteiger partial charge in [0.05, 0.1) is 11.5 Å². The van der Waals surface area contributed by atoms with Crippen LogP contribution in [0.25, 0.3) is 0 Å². The molecule has 0 N–H and O–H groups in total. The molecular weight excluding hydrogens is 186 g/mol. The number of hydrogen-bond donors (Lipinski definition) is 0. The van der Waals surface area contributed by atoms with Crippen molar-refractivity contribution < 1.29 is 4.74 Å². The zero-order chi connectivity index (χ0) is 10.7. The van der Waals surface area contributed by atoms with Crippen LogP contribution in [-0.2, 0) is 6.42 Å². The average molecular weight is 201 g/mol. The van der Waals surface area contributed by atoms with Crippen LogP contribution in [-0.4, -0.2) is 6.61 Å². The molecule has 1 aliphatic rings. The molecule has 1 aromatic carbocycles. The van der Waals surface area contributed by atoms with Crippen LogP contribution in [0.3, 0.4) is 0 Å². The first-order valence-electron chi connectivity index (χ1n) is 5.42. The highest BCUT2D eigenvalue weighted by atomic mass is 16.5. The minimum atomic E-state index is -0.302. The molecule has 1 aliphatic heterocycles. The Morgan fingerprint density at radius 3 is 3.00 bits per heavy atom. The van der Waals surface area contributed by atoms with E-state index in [1.165, 1.54) is 5.56 Å². The molecule has 0 spiro atoms. The van der Waals surface area contributed by atoms with Crippen molar-refractivity contribution in [3.8, 4) is 11.8 Å². The van der Waals surface area contributed by atoms with Gasteiger partial charge in [0.2, 0.25) is 0 Å². The molecule has 2 nitrogen and oxygen atoms in total. The summed E-state index contributed by atoms with van der Waals surface area (Å²) in [6, 6.07) is 10.4. The molecule has 1 atom stereocenters. The maximum atomic E-state index is 9.27. The van der Waals surface area contributed by atoms with Crippen LogP contribution in [0.5, 0.6) is 5.75 Å². The van der Waals surface area contributed by atoms with E-state index in [2.05, 4.69) is 19.1 Å². The van der Waals surface area contributed by atoms with Gasteiger partial charge in [-0.2, -0.15) is 5.26 Å². The molecule has 0 saturated carbocycles. The van der Waals surface area contributed by atoms with Crippen LogP contribution >= 0.6 is 0 Å². The SMILES string of the molecule is CCCC1(C#N)COc2ccccc2C1. The molecule has 0 saturated heterocycles. The fourth-order valence-electron chi connectivity index (χ4n) is 2.19. The third-order valence-corrected chi connectivity index (χ3v) is 2.97. The van der Waals surface area contributed by atoms with E-state index in [-0.39, 0.29) is 5.41 Å². The zero-order valence-electron chi connectivity index (χ0n) is 8.99. The highest BCUT2D eigenvalue weighted by molar-refractivity contribution is 5.37. The quantitative estimate of drug-likeness (QED) is 0.737. The lowest BCUT2D eigenvalue weighted by Gasteiger charge is -2.32. The van der Waals surface area contributed by atoms with Crippen LogP contribution in [0.1, 0.15) is 25.3 Å². The summed E-state index contributed by atoms with van der Waals surface area (Å²) in [6.07, 6.45) is 2.77. The lowest BCUT2D eigenvalue weighted by atomic mass is 9.78. The van der Waals surface area contributed by atoms with Gasteiger partial charge in [-0.1, -0.05) is 31.5 Å². The third kappa shape index (κ3) is 1.83. The number of para-hydroxylation sites is 1. The smallest absolute Gasteiger partial charge is 0.122 e. The second-order valence-corrected chi connectivity index (χ2v) is 4.22. The van der Waals surface area contributed by atoms with Crippen molar-refractivity contribution in [1.29, 1.82) is 5.26 Å². The van der Waals surface area contributed by atoms with Gasteiger partial charge >= 0.3 is 0 Å². The van der Waals surface area contributed by atoms with Gasteiger partial charge in [-0.05, 0) is 24.5 Å². The summed E-state index contributed by atoms with van der Waals surface area (Å²) in [5.41, 5.74) is 0.863. The summed E-state index contributed by atoms with van der Waals surface area (Å²) in [4.78, 5) is 0. The summed E-state index contributed by atoms with van der Waals surface area (Å²) in [5, 5.41) is 9.27.